The van der Waals surface area contributed by atoms with Crippen molar-refractivity contribution in [3.63, 3.8) is 0 Å². The van der Waals surface area contributed by atoms with Crippen LogP contribution in [0.1, 0.15) is 31.0 Å². The second kappa shape index (κ2) is 8.22. The van der Waals surface area contributed by atoms with E-state index >= 15 is 0 Å². The summed E-state index contributed by atoms with van der Waals surface area (Å²) in [5.74, 6) is -0.194. The number of nitrogens with zero attached hydrogens (tertiary/aromatic N) is 3. The van der Waals surface area contributed by atoms with Crippen LogP contribution in [-0.4, -0.2) is 20.0 Å². The highest BCUT2D eigenvalue weighted by Crippen LogP contribution is 2.28. The van der Waals surface area contributed by atoms with E-state index in [4.69, 9.17) is 0 Å². The van der Waals surface area contributed by atoms with Crippen molar-refractivity contribution in [2.45, 2.75) is 40.3 Å². The maximum Gasteiger partial charge on any atom is 0.278 e. The number of aromatic nitrogens is 3. The number of amides is 1. The summed E-state index contributed by atoms with van der Waals surface area (Å²) < 4.78 is 3.30. The second-order valence-electron chi connectivity index (χ2n) is 8.21. The third-order valence-electron chi connectivity index (χ3n) is 5.26. The maximum atomic E-state index is 13.2. The van der Waals surface area contributed by atoms with E-state index in [1.54, 1.807) is 15.5 Å². The molecule has 4 aromatic rings. The van der Waals surface area contributed by atoms with Crippen LogP contribution >= 0.6 is 0 Å². The lowest BCUT2D eigenvalue weighted by Crippen LogP contribution is -2.26. The molecule has 0 radical (unpaired) electrons. The first kappa shape index (κ1) is 20.6. The van der Waals surface area contributed by atoms with Crippen molar-refractivity contribution in [2.24, 2.45) is 0 Å². The molecule has 0 aliphatic carbocycles. The summed E-state index contributed by atoms with van der Waals surface area (Å²) in [6, 6.07) is 15.7. The lowest BCUT2D eigenvalue weighted by atomic mass is 10.1. The van der Waals surface area contributed by atoms with E-state index in [-0.39, 0.29) is 24.1 Å². The Balaban J connectivity index is 1.78. The first-order valence-electron chi connectivity index (χ1n) is 10.4. The van der Waals surface area contributed by atoms with Gasteiger partial charge in [0.25, 0.3) is 5.56 Å². The molecule has 0 bridgehead atoms. The van der Waals surface area contributed by atoms with Crippen molar-refractivity contribution in [3.8, 4) is 11.1 Å². The monoisotopic (exact) mass is 414 g/mol. The number of nitrogens with one attached hydrogen (secondary N) is 1. The molecule has 0 atom stereocenters. The summed E-state index contributed by atoms with van der Waals surface area (Å²) in [7, 11) is 0. The minimum atomic E-state index is -0.194. The Morgan fingerprint density at radius 2 is 1.74 bits per heavy atom. The number of hydrogen-bond donors (Lipinski definition) is 1. The Labute approximate surface area is 181 Å². The van der Waals surface area contributed by atoms with Gasteiger partial charge in [-0.1, -0.05) is 36.4 Å². The third-order valence-corrected chi connectivity index (χ3v) is 5.26. The van der Waals surface area contributed by atoms with E-state index in [1.807, 2.05) is 76.4 Å². The van der Waals surface area contributed by atoms with Gasteiger partial charge < -0.3 is 9.88 Å². The molecule has 1 amide bonds. The first-order chi connectivity index (χ1) is 14.8. The largest absolute Gasteiger partial charge is 0.332 e. The zero-order valence-corrected chi connectivity index (χ0v) is 18.2. The highest BCUT2D eigenvalue weighted by atomic mass is 16.2. The number of carbonyl (C=O) groups is 1. The van der Waals surface area contributed by atoms with Crippen molar-refractivity contribution in [1.82, 2.24) is 14.1 Å². The van der Waals surface area contributed by atoms with Gasteiger partial charge in [-0.3, -0.25) is 14.2 Å². The molecule has 0 saturated heterocycles. The molecular formula is C25H26N4O2. The van der Waals surface area contributed by atoms with E-state index in [2.05, 4.69) is 16.4 Å². The molecule has 158 valence electrons. The van der Waals surface area contributed by atoms with Gasteiger partial charge in [0.15, 0.2) is 0 Å². The second-order valence-corrected chi connectivity index (χ2v) is 8.21. The molecule has 1 N–H and O–H groups in total. The number of benzene rings is 2. The fraction of sp³-hybridized carbons (Fsp3) is 0.240. The van der Waals surface area contributed by atoms with Gasteiger partial charge in [0, 0.05) is 23.5 Å². The molecule has 6 nitrogen and oxygen atoms in total. The Morgan fingerprint density at radius 3 is 2.39 bits per heavy atom. The number of fused-ring (bicyclic) bond motifs is 1. The Kier molecular flexibility index (Phi) is 5.46. The SMILES string of the molecule is Cc1cc(C)cc(NC(=O)Cn2cc(-c3ccccc3)c3ncn(C(C)C)c(=O)c32)c1. The molecule has 0 fully saturated rings. The highest BCUT2D eigenvalue weighted by molar-refractivity contribution is 5.95. The number of carbonyl (C=O) groups excluding carboxylic acids is 1. The number of rotatable bonds is 5. The van der Waals surface area contributed by atoms with Crippen molar-refractivity contribution in [1.29, 1.82) is 0 Å². The number of anilines is 1. The van der Waals surface area contributed by atoms with E-state index in [0.717, 1.165) is 27.9 Å². The maximum absolute atomic E-state index is 13.2. The lowest BCUT2D eigenvalue weighted by molar-refractivity contribution is -0.116. The van der Waals surface area contributed by atoms with Crippen LogP contribution in [0.4, 0.5) is 5.69 Å². The van der Waals surface area contributed by atoms with E-state index in [0.29, 0.717) is 11.0 Å². The van der Waals surface area contributed by atoms with Crippen LogP contribution in [0, 0.1) is 13.8 Å². The van der Waals surface area contributed by atoms with Crippen LogP contribution in [0.5, 0.6) is 0 Å². The van der Waals surface area contributed by atoms with E-state index in [9.17, 15) is 9.59 Å². The van der Waals surface area contributed by atoms with Gasteiger partial charge in [-0.05, 0) is 56.5 Å². The van der Waals surface area contributed by atoms with Gasteiger partial charge in [-0.2, -0.15) is 0 Å². The van der Waals surface area contributed by atoms with Crippen molar-refractivity contribution in [3.05, 3.63) is 82.5 Å². The molecule has 2 aromatic heterocycles. The van der Waals surface area contributed by atoms with Crippen LogP contribution in [-0.2, 0) is 11.3 Å². The summed E-state index contributed by atoms with van der Waals surface area (Å²) in [5.41, 5.74) is 5.59. The molecule has 6 heteroatoms. The van der Waals surface area contributed by atoms with Gasteiger partial charge >= 0.3 is 0 Å². The smallest absolute Gasteiger partial charge is 0.278 e. The lowest BCUT2D eigenvalue weighted by Gasteiger charge is -2.11. The van der Waals surface area contributed by atoms with Gasteiger partial charge in [0.1, 0.15) is 17.6 Å². The molecule has 2 aromatic carbocycles. The van der Waals surface area contributed by atoms with Gasteiger partial charge in [-0.25, -0.2) is 4.98 Å². The predicted molar refractivity (Wildman–Crippen MR) is 124 cm³/mol. The summed E-state index contributed by atoms with van der Waals surface area (Å²) >= 11 is 0. The summed E-state index contributed by atoms with van der Waals surface area (Å²) in [5, 5.41) is 2.95. The summed E-state index contributed by atoms with van der Waals surface area (Å²) in [6.07, 6.45) is 3.43. The van der Waals surface area contributed by atoms with Crippen molar-refractivity contribution in [2.75, 3.05) is 5.32 Å². The molecular weight excluding hydrogens is 388 g/mol. The van der Waals surface area contributed by atoms with Crippen LogP contribution in [0.15, 0.2) is 65.8 Å². The molecule has 0 spiro atoms. The molecule has 4 rings (SSSR count). The topological polar surface area (TPSA) is 68.9 Å². The normalized spacial score (nSPS) is 11.3. The molecule has 0 unspecified atom stereocenters. The minimum Gasteiger partial charge on any atom is -0.332 e. The summed E-state index contributed by atoms with van der Waals surface area (Å²) in [6.45, 7) is 7.89. The number of hydrogen-bond acceptors (Lipinski definition) is 3. The summed E-state index contributed by atoms with van der Waals surface area (Å²) in [4.78, 5) is 30.7. The fourth-order valence-electron chi connectivity index (χ4n) is 3.92. The average molecular weight is 415 g/mol. The minimum absolute atomic E-state index is 0.0232. The molecule has 0 saturated carbocycles. The van der Waals surface area contributed by atoms with Crippen molar-refractivity contribution >= 4 is 22.6 Å². The Morgan fingerprint density at radius 1 is 1.06 bits per heavy atom. The molecule has 2 heterocycles. The van der Waals surface area contributed by atoms with Crippen LogP contribution in [0.2, 0.25) is 0 Å². The predicted octanol–water partition coefficient (Wildman–Crippen LogP) is 4.70. The third kappa shape index (κ3) is 4.14. The molecule has 0 aliphatic heterocycles. The highest BCUT2D eigenvalue weighted by Gasteiger charge is 2.18. The Bertz CT molecular complexity index is 1300. The zero-order valence-electron chi connectivity index (χ0n) is 18.2. The van der Waals surface area contributed by atoms with E-state index < -0.39 is 0 Å². The average Bonchev–Trinajstić information content (AvgIpc) is 3.07. The zero-order chi connectivity index (χ0) is 22.1. The van der Waals surface area contributed by atoms with Gasteiger partial charge in [0.2, 0.25) is 5.91 Å². The fourth-order valence-corrected chi connectivity index (χ4v) is 3.92. The van der Waals surface area contributed by atoms with Gasteiger partial charge in [0.05, 0.1) is 6.33 Å². The first-order valence-corrected chi connectivity index (χ1v) is 10.4. The van der Waals surface area contributed by atoms with Crippen molar-refractivity contribution < 1.29 is 4.79 Å². The Hall–Kier alpha value is -3.67. The number of aryl methyl sites for hydroxylation is 2. The molecule has 31 heavy (non-hydrogen) atoms. The standard InChI is InChI=1S/C25H26N4O2/c1-16(2)29-15-26-23-21(19-8-6-5-7-9-19)13-28(24(23)25(29)31)14-22(30)27-20-11-17(3)10-18(4)12-20/h5-13,15-16H,14H2,1-4H3,(H,27,30). The quantitative estimate of drug-likeness (QED) is 0.515. The molecule has 0 aliphatic rings. The van der Waals surface area contributed by atoms with Gasteiger partial charge in [-0.15, -0.1) is 0 Å². The van der Waals surface area contributed by atoms with Crippen LogP contribution in [0.25, 0.3) is 22.2 Å². The van der Waals surface area contributed by atoms with Crippen LogP contribution < -0.4 is 10.9 Å². The van der Waals surface area contributed by atoms with Crippen LogP contribution in [0.3, 0.4) is 0 Å². The van der Waals surface area contributed by atoms with E-state index in [1.165, 1.54) is 0 Å².